The molecule has 1 aromatic carbocycles. The lowest BCUT2D eigenvalue weighted by Crippen LogP contribution is -2.44. The zero-order valence-electron chi connectivity index (χ0n) is 19.3. The van der Waals surface area contributed by atoms with Crippen molar-refractivity contribution in [3.8, 4) is 11.1 Å². The van der Waals surface area contributed by atoms with E-state index in [4.69, 9.17) is 4.98 Å². The molecule has 1 N–H and O–H groups in total. The number of fused-ring (bicyclic) bond motifs is 1. The zero-order chi connectivity index (χ0) is 22.6. The van der Waals surface area contributed by atoms with Crippen LogP contribution < -0.4 is 10.2 Å². The van der Waals surface area contributed by atoms with Crippen molar-refractivity contribution in [2.45, 2.75) is 13.3 Å². The summed E-state index contributed by atoms with van der Waals surface area (Å²) in [5, 5.41) is 5.76. The lowest BCUT2D eigenvalue weighted by Gasteiger charge is -2.33. The van der Waals surface area contributed by atoms with Crippen LogP contribution in [0.3, 0.4) is 0 Å². The summed E-state index contributed by atoms with van der Waals surface area (Å²) >= 11 is 0. The Bertz CT molecular complexity index is 1230. The van der Waals surface area contributed by atoms with Crippen molar-refractivity contribution >= 4 is 22.4 Å². The van der Waals surface area contributed by atoms with E-state index in [9.17, 15) is 0 Å². The van der Waals surface area contributed by atoms with Gasteiger partial charge in [-0.2, -0.15) is 0 Å². The topological polar surface area (TPSA) is 57.2 Å². The summed E-state index contributed by atoms with van der Waals surface area (Å²) in [5.41, 5.74) is 4.76. The van der Waals surface area contributed by atoms with Gasteiger partial charge in [0, 0.05) is 62.4 Å². The Hall–Kier alpha value is -3.51. The van der Waals surface area contributed by atoms with Crippen LogP contribution in [0, 0.1) is 6.92 Å². The standard InChI is InChI=1S/C27H30N6/c1-20-17-23(8-11-28-20)22-5-3-21(4-6-22)7-10-29-27-25-19-31-26(18-24(25)9-12-30-27)33-15-13-32(2)14-16-33/h3-6,8-9,11-12,17-19H,7,10,13-16H2,1-2H3,(H,29,30). The molecule has 0 aliphatic carbocycles. The third kappa shape index (κ3) is 4.96. The van der Waals surface area contributed by atoms with E-state index in [1.807, 2.05) is 25.5 Å². The van der Waals surface area contributed by atoms with Crippen LogP contribution in [0.25, 0.3) is 21.9 Å². The molecule has 4 aromatic rings. The van der Waals surface area contributed by atoms with Gasteiger partial charge < -0.3 is 15.1 Å². The number of hydrogen-bond donors (Lipinski definition) is 1. The monoisotopic (exact) mass is 438 g/mol. The number of nitrogens with zero attached hydrogens (tertiary/aromatic N) is 5. The number of hydrogen-bond acceptors (Lipinski definition) is 6. The Labute approximate surface area is 195 Å². The second kappa shape index (κ2) is 9.55. The molecule has 0 bridgehead atoms. The van der Waals surface area contributed by atoms with Crippen molar-refractivity contribution in [3.05, 3.63) is 78.4 Å². The number of benzene rings is 1. The van der Waals surface area contributed by atoms with Crippen LogP contribution in [0.4, 0.5) is 11.6 Å². The number of likely N-dealkylation sites (N-methyl/N-ethyl adjacent to an activating group) is 1. The lowest BCUT2D eigenvalue weighted by molar-refractivity contribution is 0.312. The Morgan fingerprint density at radius 2 is 1.64 bits per heavy atom. The van der Waals surface area contributed by atoms with Crippen molar-refractivity contribution in [1.82, 2.24) is 19.9 Å². The van der Waals surface area contributed by atoms with Crippen LogP contribution in [0.2, 0.25) is 0 Å². The van der Waals surface area contributed by atoms with Crippen molar-refractivity contribution in [3.63, 3.8) is 0 Å². The SMILES string of the molecule is Cc1cc(-c2ccc(CCNc3nccc4cc(N5CCN(C)CC5)ncc34)cc2)ccn1. The molecule has 4 heterocycles. The van der Waals surface area contributed by atoms with Crippen LogP contribution in [-0.2, 0) is 6.42 Å². The van der Waals surface area contributed by atoms with Crippen molar-refractivity contribution in [1.29, 1.82) is 0 Å². The molecular weight excluding hydrogens is 408 g/mol. The molecule has 0 spiro atoms. The molecule has 33 heavy (non-hydrogen) atoms. The van der Waals surface area contributed by atoms with Crippen molar-refractivity contribution in [2.24, 2.45) is 0 Å². The summed E-state index contributed by atoms with van der Waals surface area (Å²) in [6.07, 6.45) is 6.64. The summed E-state index contributed by atoms with van der Waals surface area (Å²) in [6.45, 7) is 7.03. The fourth-order valence-electron chi connectivity index (χ4n) is 4.32. The van der Waals surface area contributed by atoms with E-state index < -0.39 is 0 Å². The van der Waals surface area contributed by atoms with Gasteiger partial charge in [-0.25, -0.2) is 9.97 Å². The zero-order valence-corrected chi connectivity index (χ0v) is 19.3. The number of aryl methyl sites for hydroxylation is 1. The highest BCUT2D eigenvalue weighted by atomic mass is 15.3. The number of nitrogens with one attached hydrogen (secondary N) is 1. The first-order chi connectivity index (χ1) is 16.2. The van der Waals surface area contributed by atoms with Crippen LogP contribution in [-0.4, -0.2) is 59.6 Å². The predicted octanol–water partition coefficient (Wildman–Crippen LogP) is 4.41. The van der Waals surface area contributed by atoms with E-state index in [2.05, 4.69) is 80.7 Å². The summed E-state index contributed by atoms with van der Waals surface area (Å²) in [4.78, 5) is 18.3. The van der Waals surface area contributed by atoms with Crippen LogP contribution in [0.1, 0.15) is 11.3 Å². The van der Waals surface area contributed by atoms with Crippen molar-refractivity contribution < 1.29 is 0 Å². The van der Waals surface area contributed by atoms with E-state index >= 15 is 0 Å². The highest BCUT2D eigenvalue weighted by molar-refractivity contribution is 5.92. The number of aromatic nitrogens is 3. The quantitative estimate of drug-likeness (QED) is 0.481. The molecule has 0 unspecified atom stereocenters. The Kier molecular flexibility index (Phi) is 6.17. The number of rotatable bonds is 6. The summed E-state index contributed by atoms with van der Waals surface area (Å²) in [7, 11) is 2.17. The largest absolute Gasteiger partial charge is 0.369 e. The Morgan fingerprint density at radius 1 is 0.848 bits per heavy atom. The first-order valence-corrected chi connectivity index (χ1v) is 11.6. The molecule has 1 saturated heterocycles. The first kappa shape index (κ1) is 21.3. The lowest BCUT2D eigenvalue weighted by atomic mass is 10.0. The van der Waals surface area contributed by atoms with Gasteiger partial charge in [-0.15, -0.1) is 0 Å². The van der Waals surface area contributed by atoms with Gasteiger partial charge in [0.2, 0.25) is 0 Å². The molecule has 3 aromatic heterocycles. The summed E-state index contributed by atoms with van der Waals surface area (Å²) in [5.74, 6) is 1.95. The predicted molar refractivity (Wildman–Crippen MR) is 136 cm³/mol. The van der Waals surface area contributed by atoms with Gasteiger partial charge in [-0.1, -0.05) is 24.3 Å². The van der Waals surface area contributed by atoms with Crippen molar-refractivity contribution in [2.75, 3.05) is 50.0 Å². The third-order valence-corrected chi connectivity index (χ3v) is 6.35. The minimum atomic E-state index is 0.819. The van der Waals surface area contributed by atoms with Gasteiger partial charge in [0.15, 0.2) is 0 Å². The van der Waals surface area contributed by atoms with Gasteiger partial charge in [0.25, 0.3) is 0 Å². The molecule has 0 radical (unpaired) electrons. The molecule has 168 valence electrons. The maximum absolute atomic E-state index is 4.75. The minimum absolute atomic E-state index is 0.819. The third-order valence-electron chi connectivity index (χ3n) is 6.35. The van der Waals surface area contributed by atoms with E-state index in [1.54, 1.807) is 0 Å². The van der Waals surface area contributed by atoms with E-state index in [1.165, 1.54) is 22.1 Å². The van der Waals surface area contributed by atoms with Gasteiger partial charge in [-0.3, -0.25) is 4.98 Å². The Balaban J connectivity index is 1.23. The summed E-state index contributed by atoms with van der Waals surface area (Å²) in [6, 6.07) is 17.2. The van der Waals surface area contributed by atoms with Crippen LogP contribution in [0.5, 0.6) is 0 Å². The second-order valence-corrected chi connectivity index (χ2v) is 8.77. The molecule has 0 saturated carbocycles. The second-order valence-electron chi connectivity index (χ2n) is 8.77. The minimum Gasteiger partial charge on any atom is -0.369 e. The fraction of sp³-hybridized carbons (Fsp3) is 0.296. The van der Waals surface area contributed by atoms with Crippen LogP contribution in [0.15, 0.2) is 67.1 Å². The van der Waals surface area contributed by atoms with Gasteiger partial charge in [0.1, 0.15) is 11.6 Å². The molecule has 0 atom stereocenters. The molecule has 0 amide bonds. The van der Waals surface area contributed by atoms with E-state index in [0.29, 0.717) is 0 Å². The molecule has 6 heteroatoms. The molecular formula is C27H30N6. The highest BCUT2D eigenvalue weighted by Crippen LogP contribution is 2.25. The molecule has 1 aliphatic rings. The number of anilines is 2. The fourth-order valence-corrected chi connectivity index (χ4v) is 4.32. The molecule has 5 rings (SSSR count). The smallest absolute Gasteiger partial charge is 0.135 e. The average Bonchev–Trinajstić information content (AvgIpc) is 2.85. The first-order valence-electron chi connectivity index (χ1n) is 11.6. The van der Waals surface area contributed by atoms with Gasteiger partial charge in [-0.05, 0) is 66.7 Å². The normalized spacial score (nSPS) is 14.5. The van der Waals surface area contributed by atoms with E-state index in [0.717, 1.165) is 61.9 Å². The Morgan fingerprint density at radius 3 is 2.42 bits per heavy atom. The molecule has 1 aliphatic heterocycles. The maximum atomic E-state index is 4.75. The van der Waals surface area contributed by atoms with Gasteiger partial charge in [0.05, 0.1) is 0 Å². The highest BCUT2D eigenvalue weighted by Gasteiger charge is 2.16. The number of pyridine rings is 3. The van der Waals surface area contributed by atoms with Crippen LogP contribution >= 0.6 is 0 Å². The molecule has 1 fully saturated rings. The average molecular weight is 439 g/mol. The van der Waals surface area contributed by atoms with E-state index in [-0.39, 0.29) is 0 Å². The van der Waals surface area contributed by atoms with Gasteiger partial charge >= 0.3 is 0 Å². The number of piperazine rings is 1. The molecule has 6 nitrogen and oxygen atoms in total. The maximum Gasteiger partial charge on any atom is 0.135 e. The summed E-state index contributed by atoms with van der Waals surface area (Å²) < 4.78 is 0.